The van der Waals surface area contributed by atoms with Gasteiger partial charge in [0.05, 0.1) is 27.1 Å². The number of rotatable bonds is 8. The molecule has 0 aliphatic rings. The molecule has 0 unspecified atom stereocenters. The van der Waals surface area contributed by atoms with Gasteiger partial charge < -0.3 is 19.7 Å². The Morgan fingerprint density at radius 2 is 1.15 bits per heavy atom. The van der Waals surface area contributed by atoms with Crippen molar-refractivity contribution >= 4 is 11.9 Å². The molecule has 0 spiro atoms. The average Bonchev–Trinajstić information content (AvgIpc) is 2.48. The predicted molar refractivity (Wildman–Crippen MR) is 75.0 cm³/mol. The van der Waals surface area contributed by atoms with E-state index in [-0.39, 0.29) is 38.0 Å². The average molecular weight is 288 g/mol. The summed E-state index contributed by atoms with van der Waals surface area (Å²) >= 11 is 0. The van der Waals surface area contributed by atoms with Crippen molar-refractivity contribution in [3.05, 3.63) is 24.3 Å². The van der Waals surface area contributed by atoms with Gasteiger partial charge in [-0.3, -0.25) is 9.59 Å². The molecular formula is C14H24O6. The minimum atomic E-state index is -0.323. The third-order valence-corrected chi connectivity index (χ3v) is 1.95. The topological polar surface area (TPSA) is 93.1 Å². The lowest BCUT2D eigenvalue weighted by Gasteiger charge is -1.93. The van der Waals surface area contributed by atoms with Crippen molar-refractivity contribution < 1.29 is 29.3 Å². The SMILES string of the molecule is COC(=O)C/C=C/CC(=O)OC.OCC/C=C/CCO. The second-order valence-corrected chi connectivity index (χ2v) is 3.53. The highest BCUT2D eigenvalue weighted by atomic mass is 16.5. The molecule has 116 valence electrons. The molecule has 0 saturated heterocycles. The molecule has 0 radical (unpaired) electrons. The van der Waals surface area contributed by atoms with E-state index in [1.54, 1.807) is 12.2 Å². The summed E-state index contributed by atoms with van der Waals surface area (Å²) in [5.41, 5.74) is 0. The van der Waals surface area contributed by atoms with Crippen LogP contribution in [0.15, 0.2) is 24.3 Å². The molecule has 0 aromatic rings. The molecule has 20 heavy (non-hydrogen) atoms. The number of esters is 2. The van der Waals surface area contributed by atoms with Gasteiger partial charge in [0.15, 0.2) is 0 Å². The van der Waals surface area contributed by atoms with E-state index in [1.165, 1.54) is 14.2 Å². The summed E-state index contributed by atoms with van der Waals surface area (Å²) in [6.07, 6.45) is 8.62. The number of hydrogen-bond acceptors (Lipinski definition) is 6. The maximum absolute atomic E-state index is 10.5. The van der Waals surface area contributed by atoms with Crippen molar-refractivity contribution in [3.63, 3.8) is 0 Å². The van der Waals surface area contributed by atoms with Gasteiger partial charge in [0.2, 0.25) is 0 Å². The zero-order chi connectivity index (χ0) is 15.6. The van der Waals surface area contributed by atoms with Crippen LogP contribution < -0.4 is 0 Å². The monoisotopic (exact) mass is 288 g/mol. The Bertz CT molecular complexity index is 268. The fourth-order valence-electron chi connectivity index (χ4n) is 0.911. The number of hydrogen-bond donors (Lipinski definition) is 2. The van der Waals surface area contributed by atoms with E-state index in [0.29, 0.717) is 12.8 Å². The number of carbonyl (C=O) groups excluding carboxylic acids is 2. The van der Waals surface area contributed by atoms with Gasteiger partial charge in [0.1, 0.15) is 0 Å². The van der Waals surface area contributed by atoms with Gasteiger partial charge in [-0.25, -0.2) is 0 Å². The van der Waals surface area contributed by atoms with E-state index in [1.807, 2.05) is 12.2 Å². The first-order valence-electron chi connectivity index (χ1n) is 6.27. The first-order valence-corrected chi connectivity index (χ1v) is 6.27. The van der Waals surface area contributed by atoms with Crippen molar-refractivity contribution in [1.82, 2.24) is 0 Å². The summed E-state index contributed by atoms with van der Waals surface area (Å²) in [5, 5.41) is 16.5. The molecule has 0 aromatic heterocycles. The fraction of sp³-hybridized carbons (Fsp3) is 0.571. The molecule has 0 aliphatic heterocycles. The molecule has 0 atom stereocenters. The molecule has 0 amide bonds. The van der Waals surface area contributed by atoms with Crippen LogP contribution in [0.25, 0.3) is 0 Å². The van der Waals surface area contributed by atoms with Gasteiger partial charge in [-0.05, 0) is 12.8 Å². The van der Waals surface area contributed by atoms with Crippen LogP contribution in [0.2, 0.25) is 0 Å². The molecule has 6 nitrogen and oxygen atoms in total. The number of aliphatic hydroxyl groups is 2. The van der Waals surface area contributed by atoms with Crippen LogP contribution in [0.5, 0.6) is 0 Å². The fourth-order valence-corrected chi connectivity index (χ4v) is 0.911. The normalized spacial score (nSPS) is 10.2. The van der Waals surface area contributed by atoms with Gasteiger partial charge in [0.25, 0.3) is 0 Å². The first kappa shape index (κ1) is 20.7. The quantitative estimate of drug-likeness (QED) is 0.511. The lowest BCUT2D eigenvalue weighted by molar-refractivity contribution is -0.140. The van der Waals surface area contributed by atoms with Gasteiger partial charge in [-0.15, -0.1) is 0 Å². The largest absolute Gasteiger partial charge is 0.469 e. The number of aliphatic hydroxyl groups excluding tert-OH is 2. The number of methoxy groups -OCH3 is 2. The molecule has 0 fully saturated rings. The third-order valence-electron chi connectivity index (χ3n) is 1.95. The van der Waals surface area contributed by atoms with Crippen LogP contribution in [0.3, 0.4) is 0 Å². The first-order chi connectivity index (χ1) is 9.62. The number of ether oxygens (including phenoxy) is 2. The molecule has 0 heterocycles. The van der Waals surface area contributed by atoms with Crippen LogP contribution in [-0.4, -0.2) is 49.6 Å². The molecule has 6 heteroatoms. The summed E-state index contributed by atoms with van der Waals surface area (Å²) in [4.78, 5) is 21.1. The van der Waals surface area contributed by atoms with E-state index in [9.17, 15) is 9.59 Å². The Kier molecular flexibility index (Phi) is 17.9. The summed E-state index contributed by atoms with van der Waals surface area (Å²) < 4.78 is 8.75. The molecule has 0 aliphatic carbocycles. The lowest BCUT2D eigenvalue weighted by atomic mass is 10.3. The zero-order valence-electron chi connectivity index (χ0n) is 12.1. The molecular weight excluding hydrogens is 264 g/mol. The summed E-state index contributed by atoms with van der Waals surface area (Å²) in [5.74, 6) is -0.646. The third kappa shape index (κ3) is 18.7. The van der Waals surface area contributed by atoms with Crippen molar-refractivity contribution in [2.75, 3.05) is 27.4 Å². The second kappa shape index (κ2) is 17.3. The maximum Gasteiger partial charge on any atom is 0.309 e. The summed E-state index contributed by atoms with van der Waals surface area (Å²) in [6.45, 7) is 0.393. The van der Waals surface area contributed by atoms with Crippen molar-refractivity contribution in [2.45, 2.75) is 25.7 Å². The van der Waals surface area contributed by atoms with Crippen LogP contribution in [-0.2, 0) is 19.1 Å². The molecule has 0 bridgehead atoms. The van der Waals surface area contributed by atoms with Crippen LogP contribution in [0.1, 0.15) is 25.7 Å². The van der Waals surface area contributed by atoms with Gasteiger partial charge in [-0.1, -0.05) is 24.3 Å². The minimum Gasteiger partial charge on any atom is -0.469 e. The van der Waals surface area contributed by atoms with E-state index in [0.717, 1.165) is 0 Å². The van der Waals surface area contributed by atoms with E-state index >= 15 is 0 Å². The van der Waals surface area contributed by atoms with Crippen molar-refractivity contribution in [3.8, 4) is 0 Å². The Balaban J connectivity index is 0. The second-order valence-electron chi connectivity index (χ2n) is 3.53. The maximum atomic E-state index is 10.5. The van der Waals surface area contributed by atoms with Gasteiger partial charge in [-0.2, -0.15) is 0 Å². The van der Waals surface area contributed by atoms with Crippen LogP contribution in [0.4, 0.5) is 0 Å². The number of carbonyl (C=O) groups is 2. The van der Waals surface area contributed by atoms with Gasteiger partial charge in [0, 0.05) is 13.2 Å². The minimum absolute atomic E-state index is 0.188. The highest BCUT2D eigenvalue weighted by Crippen LogP contribution is 1.91. The standard InChI is InChI=1S/C8H12O4.C6H12O2/c1-11-7(9)5-3-4-6-8(10)12-2;7-5-3-1-2-4-6-8/h3-4H,5-6H2,1-2H3;1-2,7-8H,3-6H2/b4-3+;2-1+. The van der Waals surface area contributed by atoms with E-state index < -0.39 is 0 Å². The smallest absolute Gasteiger partial charge is 0.309 e. The predicted octanol–water partition coefficient (Wildman–Crippen LogP) is 0.976. The molecule has 0 aromatic carbocycles. The van der Waals surface area contributed by atoms with E-state index in [4.69, 9.17) is 10.2 Å². The Hall–Kier alpha value is -1.66. The zero-order valence-corrected chi connectivity index (χ0v) is 12.1. The Labute approximate surface area is 119 Å². The van der Waals surface area contributed by atoms with Gasteiger partial charge >= 0.3 is 11.9 Å². The summed E-state index contributed by atoms with van der Waals surface area (Å²) in [7, 11) is 2.63. The molecule has 0 rings (SSSR count). The Morgan fingerprint density at radius 3 is 1.40 bits per heavy atom. The van der Waals surface area contributed by atoms with E-state index in [2.05, 4.69) is 9.47 Å². The summed E-state index contributed by atoms with van der Waals surface area (Å²) in [6, 6.07) is 0. The van der Waals surface area contributed by atoms with Crippen molar-refractivity contribution in [2.24, 2.45) is 0 Å². The highest BCUT2D eigenvalue weighted by molar-refractivity contribution is 5.72. The van der Waals surface area contributed by atoms with Crippen LogP contribution >= 0.6 is 0 Å². The van der Waals surface area contributed by atoms with Crippen molar-refractivity contribution in [1.29, 1.82) is 0 Å². The van der Waals surface area contributed by atoms with Crippen LogP contribution in [0, 0.1) is 0 Å². The lowest BCUT2D eigenvalue weighted by Crippen LogP contribution is -1.99. The Morgan fingerprint density at radius 1 is 0.800 bits per heavy atom. The molecule has 2 N–H and O–H groups in total. The molecule has 0 saturated carbocycles. The highest BCUT2D eigenvalue weighted by Gasteiger charge is 1.96.